The largest absolute Gasteiger partial charge is 0.339 e. The molecule has 0 saturated heterocycles. The number of rotatable bonds is 7. The van der Waals surface area contributed by atoms with Gasteiger partial charge in [0, 0.05) is 35.4 Å². The maximum Gasteiger partial charge on any atom is 0.255 e. The van der Waals surface area contributed by atoms with E-state index in [0.29, 0.717) is 34.6 Å². The van der Waals surface area contributed by atoms with E-state index in [2.05, 4.69) is 48.5 Å². The van der Waals surface area contributed by atoms with Crippen molar-refractivity contribution in [2.45, 2.75) is 26.2 Å². The van der Waals surface area contributed by atoms with Gasteiger partial charge in [-0.2, -0.15) is 4.98 Å². The summed E-state index contributed by atoms with van der Waals surface area (Å²) in [7, 11) is 0. The Labute approximate surface area is 245 Å². The summed E-state index contributed by atoms with van der Waals surface area (Å²) in [5.74, 6) is 0.888. The number of benzene rings is 3. The van der Waals surface area contributed by atoms with Crippen molar-refractivity contribution >= 4 is 80.5 Å². The number of para-hydroxylation sites is 1. The second-order valence-corrected chi connectivity index (χ2v) is 11.1. The lowest BCUT2D eigenvalue weighted by molar-refractivity contribution is -0.122. The zero-order valence-corrected chi connectivity index (χ0v) is 24.5. The number of amides is 2. The SMILES string of the molecule is CCN1C(=O)C(C)(C)c2cc(Nc3ncc(I)c(Nc4ccc(C(=O)Nc5ccccc5Cl)cc4)n3)ccc21. The predicted molar refractivity (Wildman–Crippen MR) is 165 cm³/mol. The van der Waals surface area contributed by atoms with E-state index in [4.69, 9.17) is 11.6 Å². The molecule has 5 rings (SSSR count). The van der Waals surface area contributed by atoms with Crippen LogP contribution in [0.1, 0.15) is 36.7 Å². The highest BCUT2D eigenvalue weighted by Gasteiger charge is 2.43. The Morgan fingerprint density at radius 3 is 2.46 bits per heavy atom. The highest BCUT2D eigenvalue weighted by Crippen LogP contribution is 2.42. The van der Waals surface area contributed by atoms with Crippen LogP contribution in [0.2, 0.25) is 5.02 Å². The van der Waals surface area contributed by atoms with Crippen molar-refractivity contribution in [2.75, 3.05) is 27.4 Å². The van der Waals surface area contributed by atoms with Gasteiger partial charge in [-0.05, 0) is 104 Å². The summed E-state index contributed by atoms with van der Waals surface area (Å²) >= 11 is 8.32. The van der Waals surface area contributed by atoms with E-state index in [1.165, 1.54) is 0 Å². The molecule has 1 aliphatic rings. The van der Waals surface area contributed by atoms with E-state index < -0.39 is 5.41 Å². The number of anilines is 6. The summed E-state index contributed by atoms with van der Waals surface area (Å²) in [6.07, 6.45) is 1.73. The number of carbonyl (C=O) groups is 2. The number of halogens is 2. The molecule has 3 N–H and O–H groups in total. The minimum absolute atomic E-state index is 0.0986. The van der Waals surface area contributed by atoms with E-state index in [1.54, 1.807) is 30.5 Å². The third-order valence-corrected chi connectivity index (χ3v) is 7.71. The van der Waals surface area contributed by atoms with Crippen molar-refractivity contribution in [3.63, 3.8) is 0 Å². The second kappa shape index (κ2) is 10.8. The number of nitrogens with zero attached hydrogens (tertiary/aromatic N) is 3. The lowest BCUT2D eigenvalue weighted by Crippen LogP contribution is -2.35. The first-order chi connectivity index (χ1) is 18.7. The first-order valence-corrected chi connectivity index (χ1v) is 13.8. The molecule has 4 aromatic rings. The number of aromatic nitrogens is 2. The molecule has 2 amide bonds. The molecule has 0 fully saturated rings. The standard InChI is InChI=1S/C29H26ClIN6O2/c1-4-37-24-14-13-19(15-20(24)29(2,3)27(37)39)34-28-32-16-22(31)25(36-28)33-18-11-9-17(10-12-18)26(38)35-23-8-6-5-7-21(23)30/h5-16H,4H2,1-3H3,(H,35,38)(H2,32,33,34,36). The second-order valence-electron chi connectivity index (χ2n) is 9.56. The van der Waals surface area contributed by atoms with E-state index >= 15 is 0 Å². The number of likely N-dealkylation sites (N-methyl/N-ethyl adjacent to an activating group) is 1. The van der Waals surface area contributed by atoms with Crippen LogP contribution in [0.4, 0.5) is 34.5 Å². The molecule has 10 heteroatoms. The summed E-state index contributed by atoms with van der Waals surface area (Å²) in [5, 5.41) is 9.86. The van der Waals surface area contributed by atoms with E-state index in [9.17, 15) is 9.59 Å². The number of hydrogen-bond acceptors (Lipinski definition) is 6. The van der Waals surface area contributed by atoms with Gasteiger partial charge in [-0.15, -0.1) is 0 Å². The molecule has 8 nitrogen and oxygen atoms in total. The molecule has 1 aromatic heterocycles. The van der Waals surface area contributed by atoms with E-state index in [-0.39, 0.29) is 11.8 Å². The van der Waals surface area contributed by atoms with Crippen LogP contribution in [0.25, 0.3) is 0 Å². The zero-order chi connectivity index (χ0) is 27.7. The Hall–Kier alpha value is -3.70. The average molecular weight is 653 g/mol. The van der Waals surface area contributed by atoms with Gasteiger partial charge in [0.2, 0.25) is 11.9 Å². The number of nitrogens with one attached hydrogen (secondary N) is 3. The van der Waals surface area contributed by atoms with E-state index in [1.807, 2.05) is 68.1 Å². The lowest BCUT2D eigenvalue weighted by atomic mass is 9.86. The molecule has 0 bridgehead atoms. The Kier molecular flexibility index (Phi) is 7.46. The van der Waals surface area contributed by atoms with Crippen molar-refractivity contribution in [3.05, 3.63) is 92.6 Å². The molecule has 0 aliphatic carbocycles. The zero-order valence-electron chi connectivity index (χ0n) is 21.5. The third-order valence-electron chi connectivity index (χ3n) is 6.59. The Bertz CT molecular complexity index is 1570. The maximum atomic E-state index is 12.8. The van der Waals surface area contributed by atoms with Gasteiger partial charge in [-0.25, -0.2) is 4.98 Å². The van der Waals surface area contributed by atoms with Crippen LogP contribution < -0.4 is 20.9 Å². The fourth-order valence-electron chi connectivity index (χ4n) is 4.47. The predicted octanol–water partition coefficient (Wildman–Crippen LogP) is 7.12. The topological polar surface area (TPSA) is 99.3 Å². The summed E-state index contributed by atoms with van der Waals surface area (Å²) in [6, 6.07) is 20.1. The van der Waals surface area contributed by atoms with Crippen molar-refractivity contribution in [1.29, 1.82) is 0 Å². The first-order valence-electron chi connectivity index (χ1n) is 12.4. The molecule has 198 valence electrons. The monoisotopic (exact) mass is 652 g/mol. The highest BCUT2D eigenvalue weighted by atomic mass is 127. The van der Waals surface area contributed by atoms with Crippen molar-refractivity contribution in [1.82, 2.24) is 9.97 Å². The first kappa shape index (κ1) is 26.9. The lowest BCUT2D eigenvalue weighted by Gasteiger charge is -2.18. The fourth-order valence-corrected chi connectivity index (χ4v) is 5.05. The van der Waals surface area contributed by atoms with Gasteiger partial charge in [0.1, 0.15) is 5.82 Å². The van der Waals surface area contributed by atoms with Gasteiger partial charge < -0.3 is 20.9 Å². The molecule has 0 radical (unpaired) electrons. The van der Waals surface area contributed by atoms with Crippen LogP contribution in [0, 0.1) is 3.57 Å². The summed E-state index contributed by atoms with van der Waals surface area (Å²) in [5.41, 5.74) is 3.94. The smallest absolute Gasteiger partial charge is 0.255 e. The molecule has 0 spiro atoms. The number of hydrogen-bond donors (Lipinski definition) is 3. The fraction of sp³-hybridized carbons (Fsp3) is 0.172. The molecular weight excluding hydrogens is 627 g/mol. The molecule has 0 saturated carbocycles. The van der Waals surface area contributed by atoms with Gasteiger partial charge in [0.25, 0.3) is 5.91 Å². The van der Waals surface area contributed by atoms with Gasteiger partial charge in [-0.3, -0.25) is 9.59 Å². The van der Waals surface area contributed by atoms with Gasteiger partial charge >= 0.3 is 0 Å². The molecule has 1 aliphatic heterocycles. The van der Waals surface area contributed by atoms with Gasteiger partial charge in [0.15, 0.2) is 0 Å². The molecule has 39 heavy (non-hydrogen) atoms. The molecule has 3 aromatic carbocycles. The maximum absolute atomic E-state index is 12.8. The average Bonchev–Trinajstić information content (AvgIpc) is 3.12. The van der Waals surface area contributed by atoms with Gasteiger partial charge in [-0.1, -0.05) is 23.7 Å². The Morgan fingerprint density at radius 2 is 1.74 bits per heavy atom. The molecule has 2 heterocycles. The van der Waals surface area contributed by atoms with Crippen molar-refractivity contribution in [2.24, 2.45) is 0 Å². The third kappa shape index (κ3) is 5.41. The van der Waals surface area contributed by atoms with Crippen molar-refractivity contribution < 1.29 is 9.59 Å². The van der Waals surface area contributed by atoms with Crippen molar-refractivity contribution in [3.8, 4) is 0 Å². The Balaban J connectivity index is 1.30. The van der Waals surface area contributed by atoms with Crippen LogP contribution in [0.5, 0.6) is 0 Å². The number of carbonyl (C=O) groups excluding carboxylic acids is 2. The van der Waals surface area contributed by atoms with Crippen LogP contribution in [0.3, 0.4) is 0 Å². The highest BCUT2D eigenvalue weighted by molar-refractivity contribution is 14.1. The minimum atomic E-state index is -0.598. The molecule has 0 unspecified atom stereocenters. The summed E-state index contributed by atoms with van der Waals surface area (Å²) < 4.78 is 0.831. The normalized spacial score (nSPS) is 13.7. The van der Waals surface area contributed by atoms with E-state index in [0.717, 1.165) is 26.2 Å². The minimum Gasteiger partial charge on any atom is -0.339 e. The summed E-state index contributed by atoms with van der Waals surface area (Å²) in [4.78, 5) is 36.4. The quantitative estimate of drug-likeness (QED) is 0.184. The van der Waals surface area contributed by atoms with Gasteiger partial charge in [0.05, 0.1) is 19.7 Å². The summed E-state index contributed by atoms with van der Waals surface area (Å²) in [6.45, 7) is 6.50. The number of fused-ring (bicyclic) bond motifs is 1. The molecule has 0 atom stereocenters. The Morgan fingerprint density at radius 1 is 1.03 bits per heavy atom. The van der Waals surface area contributed by atoms with Crippen LogP contribution >= 0.6 is 34.2 Å². The molecular formula is C29H26ClIN6O2. The van der Waals surface area contributed by atoms with Crippen LogP contribution in [-0.4, -0.2) is 28.3 Å². The van der Waals surface area contributed by atoms with Crippen LogP contribution in [0.15, 0.2) is 72.9 Å². The van der Waals surface area contributed by atoms with Crippen LogP contribution in [-0.2, 0) is 10.2 Å².